The molecule has 1 atom stereocenters. The van der Waals surface area contributed by atoms with Gasteiger partial charge in [-0.1, -0.05) is 30.3 Å². The van der Waals surface area contributed by atoms with Gasteiger partial charge in [0.25, 0.3) is 0 Å². The molecule has 0 aliphatic rings. The first-order valence-corrected chi connectivity index (χ1v) is 6.79. The number of rotatable bonds is 6. The van der Waals surface area contributed by atoms with Gasteiger partial charge in [0.1, 0.15) is 11.6 Å². The first-order valence-electron chi connectivity index (χ1n) is 6.79. The standard InChI is InChI=1S/C17H20FNO/c1-20-16-8-6-13(7-9-16)10-14(12-19)11-15-4-2-3-5-17(15)18/h2-9,14H,10-12,19H2,1H3. The molecule has 0 radical (unpaired) electrons. The fraction of sp³-hybridized carbons (Fsp3) is 0.294. The van der Waals surface area contributed by atoms with Gasteiger partial charge in [-0.2, -0.15) is 0 Å². The van der Waals surface area contributed by atoms with Gasteiger partial charge in [0, 0.05) is 0 Å². The van der Waals surface area contributed by atoms with Crippen molar-refractivity contribution in [3.63, 3.8) is 0 Å². The predicted octanol–water partition coefficient (Wildman–Crippen LogP) is 3.19. The highest BCUT2D eigenvalue weighted by molar-refractivity contribution is 5.28. The van der Waals surface area contributed by atoms with E-state index in [1.807, 2.05) is 36.4 Å². The zero-order chi connectivity index (χ0) is 14.4. The predicted molar refractivity (Wildman–Crippen MR) is 79.3 cm³/mol. The van der Waals surface area contributed by atoms with Crippen LogP contribution in [-0.2, 0) is 12.8 Å². The summed E-state index contributed by atoms with van der Waals surface area (Å²) in [4.78, 5) is 0. The SMILES string of the molecule is COc1ccc(CC(CN)Cc2ccccc2F)cc1. The summed E-state index contributed by atoms with van der Waals surface area (Å²) in [5, 5.41) is 0. The average molecular weight is 273 g/mol. The fourth-order valence-corrected chi connectivity index (χ4v) is 2.31. The van der Waals surface area contributed by atoms with Gasteiger partial charge in [-0.25, -0.2) is 4.39 Å². The highest BCUT2D eigenvalue weighted by Gasteiger charge is 2.11. The summed E-state index contributed by atoms with van der Waals surface area (Å²) in [5.41, 5.74) is 7.75. The largest absolute Gasteiger partial charge is 0.497 e. The Morgan fingerprint density at radius 2 is 1.75 bits per heavy atom. The number of benzene rings is 2. The molecule has 0 saturated heterocycles. The Morgan fingerprint density at radius 1 is 1.05 bits per heavy atom. The van der Waals surface area contributed by atoms with Crippen LogP contribution in [0.2, 0.25) is 0 Å². The molecular weight excluding hydrogens is 253 g/mol. The molecule has 0 aliphatic heterocycles. The summed E-state index contributed by atoms with van der Waals surface area (Å²) in [5.74, 6) is 0.924. The van der Waals surface area contributed by atoms with E-state index in [9.17, 15) is 4.39 Å². The molecule has 0 spiro atoms. The molecule has 1 unspecified atom stereocenters. The molecule has 0 heterocycles. The lowest BCUT2D eigenvalue weighted by molar-refractivity contribution is 0.414. The summed E-state index contributed by atoms with van der Waals surface area (Å²) in [6, 6.07) is 14.8. The van der Waals surface area contributed by atoms with Crippen molar-refractivity contribution >= 4 is 0 Å². The minimum absolute atomic E-state index is 0.152. The van der Waals surface area contributed by atoms with Crippen LogP contribution in [-0.4, -0.2) is 13.7 Å². The monoisotopic (exact) mass is 273 g/mol. The second kappa shape index (κ2) is 7.06. The first kappa shape index (κ1) is 14.5. The van der Waals surface area contributed by atoms with Crippen molar-refractivity contribution in [2.24, 2.45) is 11.7 Å². The molecule has 2 nitrogen and oxygen atoms in total. The van der Waals surface area contributed by atoms with Gasteiger partial charge in [0.15, 0.2) is 0 Å². The zero-order valence-electron chi connectivity index (χ0n) is 11.7. The van der Waals surface area contributed by atoms with Crippen molar-refractivity contribution < 1.29 is 9.13 Å². The molecule has 2 N–H and O–H groups in total. The van der Waals surface area contributed by atoms with Gasteiger partial charge >= 0.3 is 0 Å². The van der Waals surface area contributed by atoms with Crippen LogP contribution in [0.1, 0.15) is 11.1 Å². The van der Waals surface area contributed by atoms with Crippen molar-refractivity contribution in [3.8, 4) is 5.75 Å². The maximum absolute atomic E-state index is 13.7. The van der Waals surface area contributed by atoms with Crippen molar-refractivity contribution in [1.29, 1.82) is 0 Å². The van der Waals surface area contributed by atoms with Crippen molar-refractivity contribution in [1.82, 2.24) is 0 Å². The Labute approximate surface area is 119 Å². The number of nitrogens with two attached hydrogens (primary N) is 1. The third kappa shape index (κ3) is 3.81. The highest BCUT2D eigenvalue weighted by Crippen LogP contribution is 2.18. The Balaban J connectivity index is 2.03. The molecule has 0 aliphatic carbocycles. The maximum atomic E-state index is 13.7. The van der Waals surface area contributed by atoms with E-state index >= 15 is 0 Å². The summed E-state index contributed by atoms with van der Waals surface area (Å²) < 4.78 is 18.8. The quantitative estimate of drug-likeness (QED) is 0.877. The average Bonchev–Trinajstić information content (AvgIpc) is 2.49. The van der Waals surface area contributed by atoms with Gasteiger partial charge in [-0.05, 0) is 54.6 Å². The fourth-order valence-electron chi connectivity index (χ4n) is 2.31. The molecular formula is C17H20FNO. The van der Waals surface area contributed by atoms with Gasteiger partial charge in [0.05, 0.1) is 7.11 Å². The van der Waals surface area contributed by atoms with E-state index in [0.717, 1.165) is 17.7 Å². The van der Waals surface area contributed by atoms with E-state index < -0.39 is 0 Å². The molecule has 0 bridgehead atoms. The Kier molecular flexibility index (Phi) is 5.13. The normalized spacial score (nSPS) is 12.2. The lowest BCUT2D eigenvalue weighted by Crippen LogP contribution is -2.19. The van der Waals surface area contributed by atoms with E-state index in [1.165, 1.54) is 11.6 Å². The Hall–Kier alpha value is -1.87. The van der Waals surface area contributed by atoms with E-state index in [-0.39, 0.29) is 11.7 Å². The van der Waals surface area contributed by atoms with Crippen LogP contribution < -0.4 is 10.5 Å². The Morgan fingerprint density at radius 3 is 2.35 bits per heavy atom. The molecule has 106 valence electrons. The lowest BCUT2D eigenvalue weighted by atomic mass is 9.92. The minimum Gasteiger partial charge on any atom is -0.497 e. The maximum Gasteiger partial charge on any atom is 0.126 e. The zero-order valence-corrected chi connectivity index (χ0v) is 11.7. The first-order chi connectivity index (χ1) is 9.72. The third-order valence-electron chi connectivity index (χ3n) is 3.48. The van der Waals surface area contributed by atoms with Gasteiger partial charge in [-0.3, -0.25) is 0 Å². The molecule has 0 amide bonds. The number of hydrogen-bond acceptors (Lipinski definition) is 2. The van der Waals surface area contributed by atoms with Crippen LogP contribution in [0.3, 0.4) is 0 Å². The van der Waals surface area contributed by atoms with Crippen molar-refractivity contribution in [2.75, 3.05) is 13.7 Å². The highest BCUT2D eigenvalue weighted by atomic mass is 19.1. The third-order valence-corrected chi connectivity index (χ3v) is 3.48. The molecule has 0 aromatic heterocycles. The minimum atomic E-state index is -0.152. The Bertz CT molecular complexity index is 539. The summed E-state index contributed by atoms with van der Waals surface area (Å²) in [6.07, 6.45) is 1.50. The molecule has 2 rings (SSSR count). The van der Waals surface area contributed by atoms with Gasteiger partial charge < -0.3 is 10.5 Å². The molecule has 20 heavy (non-hydrogen) atoms. The number of methoxy groups -OCH3 is 1. The molecule has 3 heteroatoms. The van der Waals surface area contributed by atoms with Crippen LogP contribution in [0.25, 0.3) is 0 Å². The van der Waals surface area contributed by atoms with Crippen LogP contribution in [0, 0.1) is 11.7 Å². The molecule has 2 aromatic carbocycles. The number of halogens is 1. The summed E-state index contributed by atoms with van der Waals surface area (Å²) in [6.45, 7) is 0.542. The number of hydrogen-bond donors (Lipinski definition) is 1. The van der Waals surface area contributed by atoms with Crippen LogP contribution in [0.15, 0.2) is 48.5 Å². The van der Waals surface area contributed by atoms with Crippen LogP contribution in [0.5, 0.6) is 5.75 Å². The second-order valence-corrected chi connectivity index (χ2v) is 4.95. The molecule has 2 aromatic rings. The van der Waals surface area contributed by atoms with Crippen molar-refractivity contribution in [2.45, 2.75) is 12.8 Å². The van der Waals surface area contributed by atoms with Crippen LogP contribution >= 0.6 is 0 Å². The smallest absolute Gasteiger partial charge is 0.126 e. The lowest BCUT2D eigenvalue weighted by Gasteiger charge is -2.15. The van der Waals surface area contributed by atoms with Gasteiger partial charge in [0.2, 0.25) is 0 Å². The van der Waals surface area contributed by atoms with Crippen molar-refractivity contribution in [3.05, 3.63) is 65.5 Å². The second-order valence-electron chi connectivity index (χ2n) is 4.95. The molecule has 0 saturated carbocycles. The van der Waals surface area contributed by atoms with Crippen LogP contribution in [0.4, 0.5) is 4.39 Å². The molecule has 0 fully saturated rings. The van der Waals surface area contributed by atoms with E-state index in [2.05, 4.69) is 0 Å². The van der Waals surface area contributed by atoms with Gasteiger partial charge in [-0.15, -0.1) is 0 Å². The van der Waals surface area contributed by atoms with E-state index in [4.69, 9.17) is 10.5 Å². The summed E-state index contributed by atoms with van der Waals surface area (Å²) >= 11 is 0. The topological polar surface area (TPSA) is 35.2 Å². The van der Waals surface area contributed by atoms with E-state index in [1.54, 1.807) is 13.2 Å². The summed E-state index contributed by atoms with van der Waals surface area (Å²) in [7, 11) is 1.65. The number of ether oxygens (including phenoxy) is 1. The van der Waals surface area contributed by atoms with E-state index in [0.29, 0.717) is 13.0 Å².